The molecule has 2 rings (SSSR count). The molecule has 1 heterocycles. The van der Waals surface area contributed by atoms with Crippen molar-refractivity contribution in [3.63, 3.8) is 0 Å². The highest BCUT2D eigenvalue weighted by atomic mass is 32.2. The van der Waals surface area contributed by atoms with Crippen molar-refractivity contribution in [1.82, 2.24) is 9.97 Å². The molecule has 4 nitrogen and oxygen atoms in total. The summed E-state index contributed by atoms with van der Waals surface area (Å²) in [5, 5.41) is 9.42. The van der Waals surface area contributed by atoms with Gasteiger partial charge < -0.3 is 4.74 Å². The lowest BCUT2D eigenvalue weighted by atomic mass is 10.3. The lowest BCUT2D eigenvalue weighted by Crippen LogP contribution is -1.88. The number of ether oxygens (including phenoxy) is 1. The van der Waals surface area contributed by atoms with Crippen molar-refractivity contribution >= 4 is 11.8 Å². The van der Waals surface area contributed by atoms with E-state index in [-0.39, 0.29) is 0 Å². The molecule has 0 aliphatic heterocycles. The smallest absolute Gasteiger partial charge is 0.160 e. The second-order valence-corrected chi connectivity index (χ2v) is 4.23. The van der Waals surface area contributed by atoms with E-state index >= 15 is 0 Å². The number of nitriles is 1. The molecule has 0 aliphatic rings. The van der Waals surface area contributed by atoms with E-state index in [0.29, 0.717) is 10.7 Å². The summed E-state index contributed by atoms with van der Waals surface area (Å²) in [5.74, 6) is 0.791. The van der Waals surface area contributed by atoms with Crippen LogP contribution in [-0.4, -0.2) is 17.1 Å². The van der Waals surface area contributed by atoms with Gasteiger partial charge in [0.15, 0.2) is 5.69 Å². The van der Waals surface area contributed by atoms with Crippen LogP contribution < -0.4 is 4.74 Å². The summed E-state index contributed by atoms with van der Waals surface area (Å²) in [5.41, 5.74) is 0.317. The highest BCUT2D eigenvalue weighted by Gasteiger charge is 2.02. The maximum absolute atomic E-state index is 8.73. The summed E-state index contributed by atoms with van der Waals surface area (Å²) >= 11 is 1.44. The van der Waals surface area contributed by atoms with Crippen molar-refractivity contribution in [2.45, 2.75) is 9.92 Å². The number of aromatic nitrogens is 2. The van der Waals surface area contributed by atoms with Crippen LogP contribution in [0.5, 0.6) is 5.75 Å². The van der Waals surface area contributed by atoms with Crippen LogP contribution in [0.2, 0.25) is 0 Å². The van der Waals surface area contributed by atoms with Crippen molar-refractivity contribution in [2.24, 2.45) is 0 Å². The summed E-state index contributed by atoms with van der Waals surface area (Å²) in [6.07, 6.45) is 3.07. The lowest BCUT2D eigenvalue weighted by Gasteiger charge is -2.03. The minimum Gasteiger partial charge on any atom is -0.497 e. The Bertz CT molecular complexity index is 566. The molecule has 0 N–H and O–H groups in total. The van der Waals surface area contributed by atoms with Gasteiger partial charge in [-0.3, -0.25) is 4.98 Å². The standard InChI is InChI=1S/C12H9N3OS/c1-16-10-3-2-4-11(5-10)17-12-8-14-7-9(6-13)15-12/h2-5,7-8H,1H3. The van der Waals surface area contributed by atoms with Gasteiger partial charge in [-0.1, -0.05) is 17.8 Å². The molecule has 17 heavy (non-hydrogen) atoms. The normalized spacial score (nSPS) is 9.65. The molecule has 0 atom stereocenters. The molecule has 1 aromatic carbocycles. The third kappa shape index (κ3) is 2.95. The molecule has 0 radical (unpaired) electrons. The van der Waals surface area contributed by atoms with E-state index in [1.54, 1.807) is 13.3 Å². The first-order valence-corrected chi connectivity index (χ1v) is 5.67. The highest BCUT2D eigenvalue weighted by molar-refractivity contribution is 7.99. The van der Waals surface area contributed by atoms with Crippen molar-refractivity contribution in [2.75, 3.05) is 7.11 Å². The van der Waals surface area contributed by atoms with E-state index in [1.165, 1.54) is 18.0 Å². The van der Waals surface area contributed by atoms with Gasteiger partial charge >= 0.3 is 0 Å². The van der Waals surface area contributed by atoms with Gasteiger partial charge in [0.05, 0.1) is 19.5 Å². The Labute approximate surface area is 103 Å². The molecule has 0 spiro atoms. The zero-order valence-electron chi connectivity index (χ0n) is 9.12. The summed E-state index contributed by atoms with van der Waals surface area (Å²) in [6, 6.07) is 9.61. The number of nitrogens with zero attached hydrogens (tertiary/aromatic N) is 3. The van der Waals surface area contributed by atoms with Gasteiger partial charge in [-0.15, -0.1) is 0 Å². The highest BCUT2D eigenvalue weighted by Crippen LogP contribution is 2.28. The molecule has 0 unspecified atom stereocenters. The Hall–Kier alpha value is -2.06. The zero-order valence-corrected chi connectivity index (χ0v) is 9.94. The fourth-order valence-electron chi connectivity index (χ4n) is 1.24. The Morgan fingerprint density at radius 1 is 1.35 bits per heavy atom. The fraction of sp³-hybridized carbons (Fsp3) is 0.0833. The van der Waals surface area contributed by atoms with Crippen LogP contribution in [0.3, 0.4) is 0 Å². The second kappa shape index (κ2) is 5.32. The average Bonchev–Trinajstić information content (AvgIpc) is 2.39. The molecular formula is C12H9N3OS. The van der Waals surface area contributed by atoms with Gasteiger partial charge in [0, 0.05) is 4.90 Å². The van der Waals surface area contributed by atoms with Crippen LogP contribution in [0.4, 0.5) is 0 Å². The topological polar surface area (TPSA) is 58.8 Å². The minimum atomic E-state index is 0.317. The van der Waals surface area contributed by atoms with Crippen molar-refractivity contribution in [3.05, 3.63) is 42.4 Å². The van der Waals surface area contributed by atoms with Gasteiger partial charge in [-0.05, 0) is 18.2 Å². The van der Waals surface area contributed by atoms with Gasteiger partial charge in [0.25, 0.3) is 0 Å². The van der Waals surface area contributed by atoms with E-state index < -0.39 is 0 Å². The van der Waals surface area contributed by atoms with E-state index in [1.807, 2.05) is 30.3 Å². The molecule has 0 bridgehead atoms. The van der Waals surface area contributed by atoms with Crippen LogP contribution in [0, 0.1) is 11.3 Å². The molecule has 84 valence electrons. The fourth-order valence-corrected chi connectivity index (χ4v) is 2.06. The molecule has 2 aromatic rings. The number of methoxy groups -OCH3 is 1. The summed E-state index contributed by atoms with van der Waals surface area (Å²) in [7, 11) is 1.62. The molecule has 0 fully saturated rings. The largest absolute Gasteiger partial charge is 0.497 e. The molecule has 0 aliphatic carbocycles. The first kappa shape index (κ1) is 11.4. The molecule has 0 saturated carbocycles. The third-order valence-electron chi connectivity index (χ3n) is 1.99. The summed E-state index contributed by atoms with van der Waals surface area (Å²) in [4.78, 5) is 9.09. The number of benzene rings is 1. The predicted molar refractivity (Wildman–Crippen MR) is 63.9 cm³/mol. The van der Waals surface area contributed by atoms with Crippen LogP contribution in [0.1, 0.15) is 5.69 Å². The van der Waals surface area contributed by atoms with Crippen LogP contribution in [-0.2, 0) is 0 Å². The van der Waals surface area contributed by atoms with Gasteiger partial charge in [0.2, 0.25) is 0 Å². The average molecular weight is 243 g/mol. The maximum Gasteiger partial charge on any atom is 0.160 e. The molecular weight excluding hydrogens is 234 g/mol. The van der Waals surface area contributed by atoms with Crippen molar-refractivity contribution < 1.29 is 4.74 Å². The molecule has 0 amide bonds. The third-order valence-corrected chi connectivity index (χ3v) is 2.89. The quantitative estimate of drug-likeness (QED) is 0.829. The summed E-state index contributed by atoms with van der Waals surface area (Å²) < 4.78 is 5.14. The minimum absolute atomic E-state index is 0.317. The van der Waals surface area contributed by atoms with E-state index in [2.05, 4.69) is 9.97 Å². The molecule has 1 aromatic heterocycles. The van der Waals surface area contributed by atoms with Crippen molar-refractivity contribution in [3.8, 4) is 11.8 Å². The summed E-state index contributed by atoms with van der Waals surface area (Å²) in [6.45, 7) is 0. The molecule has 0 saturated heterocycles. The Morgan fingerprint density at radius 3 is 3.00 bits per heavy atom. The van der Waals surface area contributed by atoms with Crippen LogP contribution in [0.15, 0.2) is 46.6 Å². The van der Waals surface area contributed by atoms with Crippen LogP contribution in [0.25, 0.3) is 0 Å². The number of hydrogen-bond acceptors (Lipinski definition) is 5. The SMILES string of the molecule is COc1cccc(Sc2cncc(C#N)n2)c1. The lowest BCUT2D eigenvalue weighted by molar-refractivity contribution is 0.413. The van der Waals surface area contributed by atoms with E-state index in [9.17, 15) is 0 Å². The zero-order chi connectivity index (χ0) is 12.1. The van der Waals surface area contributed by atoms with Gasteiger partial charge in [-0.25, -0.2) is 4.98 Å². The first-order valence-electron chi connectivity index (χ1n) is 4.86. The Balaban J connectivity index is 2.22. The van der Waals surface area contributed by atoms with Crippen molar-refractivity contribution in [1.29, 1.82) is 5.26 Å². The monoisotopic (exact) mass is 243 g/mol. The van der Waals surface area contributed by atoms with Gasteiger partial charge in [-0.2, -0.15) is 5.26 Å². The number of hydrogen-bond donors (Lipinski definition) is 0. The van der Waals surface area contributed by atoms with E-state index in [4.69, 9.17) is 10.00 Å². The second-order valence-electron chi connectivity index (χ2n) is 3.14. The van der Waals surface area contributed by atoms with Gasteiger partial charge in [0.1, 0.15) is 16.8 Å². The predicted octanol–water partition coefficient (Wildman–Crippen LogP) is 2.51. The Morgan fingerprint density at radius 2 is 2.24 bits per heavy atom. The van der Waals surface area contributed by atoms with Crippen LogP contribution >= 0.6 is 11.8 Å². The molecule has 5 heteroatoms. The first-order chi connectivity index (χ1) is 8.31. The maximum atomic E-state index is 8.73. The Kier molecular flexibility index (Phi) is 3.58. The van der Waals surface area contributed by atoms with E-state index in [0.717, 1.165) is 10.6 Å². The number of rotatable bonds is 3.